The maximum Gasteiger partial charge on any atom is 0.339 e. The second-order valence-electron chi connectivity index (χ2n) is 6.11. The van der Waals surface area contributed by atoms with Crippen LogP contribution in [0.4, 0.5) is 5.69 Å². The minimum atomic E-state index is -0.961. The number of benzene rings is 1. The highest BCUT2D eigenvalue weighted by Gasteiger charge is 2.23. The lowest BCUT2D eigenvalue weighted by Crippen LogP contribution is -2.29. The largest absolute Gasteiger partial charge is 0.478 e. The molecular weight excluding hydrogens is 358 g/mol. The number of carboxylic acid groups (broad SMARTS) is 1. The minimum absolute atomic E-state index is 0.219. The van der Waals surface area contributed by atoms with Crippen LogP contribution in [0.3, 0.4) is 0 Å². The van der Waals surface area contributed by atoms with Gasteiger partial charge in [0.2, 0.25) is 0 Å². The fourth-order valence-electron chi connectivity index (χ4n) is 3.23. The van der Waals surface area contributed by atoms with Crippen LogP contribution in [0.2, 0.25) is 0 Å². The maximum atomic E-state index is 11.6. The van der Waals surface area contributed by atoms with E-state index in [9.17, 15) is 9.90 Å². The van der Waals surface area contributed by atoms with Crippen molar-refractivity contribution in [1.82, 2.24) is 4.98 Å². The fraction of sp³-hybridized carbons (Fsp3) is 0.412. The molecule has 0 aliphatic heterocycles. The molecule has 0 radical (unpaired) electrons. The second-order valence-corrected chi connectivity index (χ2v) is 7.03. The van der Waals surface area contributed by atoms with Gasteiger partial charge in [0.15, 0.2) is 0 Å². The third kappa shape index (κ3) is 3.48. The van der Waals surface area contributed by atoms with E-state index in [4.69, 9.17) is 5.73 Å². The van der Waals surface area contributed by atoms with Gasteiger partial charge in [-0.05, 0) is 56.3 Å². The Balaban J connectivity index is 1.95. The Labute approximate surface area is 143 Å². The topological polar surface area (TPSA) is 88.2 Å². The molecule has 1 saturated carbocycles. The number of carboxylic acids is 1. The van der Waals surface area contributed by atoms with E-state index in [2.05, 4.69) is 26.2 Å². The van der Waals surface area contributed by atoms with E-state index in [1.807, 2.05) is 18.2 Å². The molecule has 0 amide bonds. The molecule has 122 valence electrons. The van der Waals surface area contributed by atoms with E-state index in [1.165, 1.54) is 6.20 Å². The molecule has 0 spiro atoms. The Kier molecular flexibility index (Phi) is 4.82. The van der Waals surface area contributed by atoms with Crippen molar-refractivity contribution in [3.8, 4) is 0 Å². The first-order valence-electron chi connectivity index (χ1n) is 7.86. The first-order valence-corrected chi connectivity index (χ1v) is 8.66. The quantitative estimate of drug-likeness (QED) is 0.756. The van der Waals surface area contributed by atoms with Gasteiger partial charge in [-0.15, -0.1) is 0 Å². The van der Waals surface area contributed by atoms with Crippen molar-refractivity contribution in [1.29, 1.82) is 0 Å². The third-order valence-corrected chi connectivity index (χ3v) is 5.08. The molecule has 1 aromatic carbocycles. The number of hydrogen-bond acceptors (Lipinski definition) is 4. The van der Waals surface area contributed by atoms with Gasteiger partial charge in [0, 0.05) is 22.1 Å². The molecule has 1 aliphatic rings. The Morgan fingerprint density at radius 3 is 2.74 bits per heavy atom. The fourth-order valence-corrected chi connectivity index (χ4v) is 3.59. The van der Waals surface area contributed by atoms with Crippen LogP contribution in [0.25, 0.3) is 10.9 Å². The van der Waals surface area contributed by atoms with Gasteiger partial charge < -0.3 is 16.2 Å². The number of rotatable bonds is 4. The zero-order valence-corrected chi connectivity index (χ0v) is 14.3. The molecule has 1 aromatic heterocycles. The van der Waals surface area contributed by atoms with Gasteiger partial charge in [0.05, 0.1) is 11.2 Å². The van der Waals surface area contributed by atoms with Crippen LogP contribution in [-0.4, -0.2) is 28.6 Å². The van der Waals surface area contributed by atoms with Gasteiger partial charge in [-0.2, -0.15) is 0 Å². The lowest BCUT2D eigenvalue weighted by molar-refractivity contribution is 0.0697. The lowest BCUT2D eigenvalue weighted by atomic mass is 9.86. The number of nitrogens with one attached hydrogen (secondary N) is 1. The van der Waals surface area contributed by atoms with Gasteiger partial charge in [0.25, 0.3) is 0 Å². The molecule has 2 aromatic rings. The number of hydrogen-bond donors (Lipinski definition) is 3. The molecule has 5 nitrogen and oxygen atoms in total. The number of halogens is 1. The van der Waals surface area contributed by atoms with E-state index in [1.54, 1.807) is 0 Å². The zero-order chi connectivity index (χ0) is 16.4. The SMILES string of the molecule is NC[C@H]1CC[C@H](Nc2c(C(=O)O)cnc3ccc(Br)cc23)CC1. The monoisotopic (exact) mass is 377 g/mol. The van der Waals surface area contributed by atoms with Crippen molar-refractivity contribution in [2.45, 2.75) is 31.7 Å². The predicted molar refractivity (Wildman–Crippen MR) is 94.8 cm³/mol. The Bertz CT molecular complexity index is 727. The van der Waals surface area contributed by atoms with Crippen LogP contribution in [0, 0.1) is 5.92 Å². The van der Waals surface area contributed by atoms with Crippen LogP contribution in [0.15, 0.2) is 28.9 Å². The molecule has 1 aliphatic carbocycles. The normalized spacial score (nSPS) is 21.3. The summed E-state index contributed by atoms with van der Waals surface area (Å²) in [5.41, 5.74) is 7.42. The summed E-state index contributed by atoms with van der Waals surface area (Å²) in [5.74, 6) is -0.368. The molecule has 0 bridgehead atoms. The van der Waals surface area contributed by atoms with E-state index >= 15 is 0 Å². The van der Waals surface area contributed by atoms with Crippen LogP contribution in [0.1, 0.15) is 36.0 Å². The standard InChI is InChI=1S/C17H20BrN3O2/c18-11-3-6-15-13(7-11)16(14(9-20-15)17(22)23)21-12-4-1-10(8-19)2-5-12/h3,6-7,9-10,12H,1-2,4-5,8,19H2,(H,20,21)(H,22,23)/t10-,12-. The number of carbonyl (C=O) groups is 1. The molecule has 1 heterocycles. The third-order valence-electron chi connectivity index (χ3n) is 4.59. The smallest absolute Gasteiger partial charge is 0.339 e. The molecule has 0 saturated heterocycles. The van der Waals surface area contributed by atoms with E-state index in [-0.39, 0.29) is 11.6 Å². The second kappa shape index (κ2) is 6.84. The van der Waals surface area contributed by atoms with Crippen LogP contribution >= 0.6 is 15.9 Å². The molecule has 0 unspecified atom stereocenters. The van der Waals surface area contributed by atoms with Gasteiger partial charge in [-0.1, -0.05) is 15.9 Å². The van der Waals surface area contributed by atoms with Gasteiger partial charge in [-0.3, -0.25) is 4.98 Å². The molecule has 4 N–H and O–H groups in total. The molecule has 23 heavy (non-hydrogen) atoms. The number of aromatic carboxylic acids is 1. The highest BCUT2D eigenvalue weighted by molar-refractivity contribution is 9.10. The highest BCUT2D eigenvalue weighted by atomic mass is 79.9. The van der Waals surface area contributed by atoms with Crippen LogP contribution in [0.5, 0.6) is 0 Å². The van der Waals surface area contributed by atoms with E-state index < -0.39 is 5.97 Å². The van der Waals surface area contributed by atoms with Gasteiger partial charge >= 0.3 is 5.97 Å². The van der Waals surface area contributed by atoms with Gasteiger partial charge in [0.1, 0.15) is 5.56 Å². The average Bonchev–Trinajstić information content (AvgIpc) is 2.55. The Hall–Kier alpha value is -1.66. The molecule has 6 heteroatoms. The van der Waals surface area contributed by atoms with E-state index in [0.717, 1.165) is 47.6 Å². The summed E-state index contributed by atoms with van der Waals surface area (Å²) in [5, 5.41) is 13.8. The van der Waals surface area contributed by atoms with Crippen molar-refractivity contribution in [2.75, 3.05) is 11.9 Å². The number of fused-ring (bicyclic) bond motifs is 1. The lowest BCUT2D eigenvalue weighted by Gasteiger charge is -2.29. The van der Waals surface area contributed by atoms with Crippen LogP contribution < -0.4 is 11.1 Å². The summed E-state index contributed by atoms with van der Waals surface area (Å²) in [6.07, 6.45) is 5.64. The zero-order valence-electron chi connectivity index (χ0n) is 12.8. The summed E-state index contributed by atoms with van der Waals surface area (Å²) >= 11 is 3.45. The average molecular weight is 378 g/mol. The minimum Gasteiger partial charge on any atom is -0.478 e. The van der Waals surface area contributed by atoms with Crippen molar-refractivity contribution >= 4 is 38.5 Å². The summed E-state index contributed by atoms with van der Waals surface area (Å²) in [4.78, 5) is 15.8. The number of anilines is 1. The first-order chi connectivity index (χ1) is 11.1. The summed E-state index contributed by atoms with van der Waals surface area (Å²) in [6.45, 7) is 0.734. The van der Waals surface area contributed by atoms with Crippen molar-refractivity contribution in [2.24, 2.45) is 11.7 Å². The van der Waals surface area contributed by atoms with Crippen LogP contribution in [-0.2, 0) is 0 Å². The van der Waals surface area contributed by atoms with Crippen molar-refractivity contribution in [3.05, 3.63) is 34.4 Å². The number of pyridine rings is 1. The maximum absolute atomic E-state index is 11.6. The summed E-state index contributed by atoms with van der Waals surface area (Å²) in [7, 11) is 0. The molecule has 1 fully saturated rings. The van der Waals surface area contributed by atoms with Crippen molar-refractivity contribution in [3.63, 3.8) is 0 Å². The summed E-state index contributed by atoms with van der Waals surface area (Å²) in [6, 6.07) is 6.00. The van der Waals surface area contributed by atoms with Crippen molar-refractivity contribution < 1.29 is 9.90 Å². The Morgan fingerprint density at radius 2 is 2.09 bits per heavy atom. The van der Waals surface area contributed by atoms with Gasteiger partial charge in [-0.25, -0.2) is 4.79 Å². The Morgan fingerprint density at radius 1 is 1.35 bits per heavy atom. The molecular formula is C17H20BrN3O2. The first kappa shape index (κ1) is 16.2. The van der Waals surface area contributed by atoms with E-state index in [0.29, 0.717) is 11.6 Å². The molecule has 0 atom stereocenters. The summed E-state index contributed by atoms with van der Waals surface area (Å²) < 4.78 is 0.907. The number of nitrogens with zero attached hydrogens (tertiary/aromatic N) is 1. The number of aromatic nitrogens is 1. The number of nitrogens with two attached hydrogens (primary N) is 1. The highest BCUT2D eigenvalue weighted by Crippen LogP contribution is 2.32. The predicted octanol–water partition coefficient (Wildman–Crippen LogP) is 3.62. The molecule has 3 rings (SSSR count).